The van der Waals surface area contributed by atoms with E-state index in [0.717, 1.165) is 12.8 Å². The van der Waals surface area contributed by atoms with Crippen molar-refractivity contribution in [2.24, 2.45) is 0 Å². The van der Waals surface area contributed by atoms with Crippen molar-refractivity contribution in [3.8, 4) is 0 Å². The van der Waals surface area contributed by atoms with Gasteiger partial charge in [-0.1, -0.05) is 12.8 Å². The molecule has 1 saturated carbocycles. The van der Waals surface area contributed by atoms with E-state index in [9.17, 15) is 4.79 Å². The van der Waals surface area contributed by atoms with Gasteiger partial charge in [0, 0.05) is 11.6 Å². The van der Waals surface area contributed by atoms with Gasteiger partial charge in [0.05, 0.1) is 13.2 Å². The van der Waals surface area contributed by atoms with Gasteiger partial charge in [0.2, 0.25) is 5.91 Å². The third-order valence-corrected chi connectivity index (χ3v) is 2.84. The van der Waals surface area contributed by atoms with Crippen LogP contribution in [0.2, 0.25) is 0 Å². The van der Waals surface area contributed by atoms with Crippen LogP contribution >= 0.6 is 0 Å². The van der Waals surface area contributed by atoms with E-state index in [0.29, 0.717) is 6.04 Å². The predicted octanol–water partition coefficient (Wildman–Crippen LogP) is 0.406. The van der Waals surface area contributed by atoms with Crippen LogP contribution in [0.5, 0.6) is 0 Å². The summed E-state index contributed by atoms with van der Waals surface area (Å²) < 4.78 is 0. The minimum atomic E-state index is -0.382. The highest BCUT2D eigenvalue weighted by molar-refractivity contribution is 5.78. The molecule has 0 aliphatic heterocycles. The Morgan fingerprint density at radius 3 is 2.53 bits per heavy atom. The Morgan fingerprint density at radius 2 is 2.00 bits per heavy atom. The maximum absolute atomic E-state index is 11.5. The molecule has 0 spiro atoms. The zero-order valence-corrected chi connectivity index (χ0v) is 9.68. The monoisotopic (exact) mass is 214 g/mol. The van der Waals surface area contributed by atoms with Gasteiger partial charge in [0.25, 0.3) is 0 Å². The van der Waals surface area contributed by atoms with Gasteiger partial charge >= 0.3 is 0 Å². The molecule has 0 aromatic heterocycles. The number of aliphatic hydroxyl groups is 1. The Balaban J connectivity index is 2.18. The molecule has 0 aromatic rings. The van der Waals surface area contributed by atoms with E-state index in [1.165, 1.54) is 12.8 Å². The molecular formula is C11H22N2O2. The van der Waals surface area contributed by atoms with Crippen molar-refractivity contribution in [2.45, 2.75) is 51.1 Å². The molecule has 0 unspecified atom stereocenters. The standard InChI is InChI=1S/C11H22N2O2/c1-11(2,8-14)12-7-10(15)13-9-5-3-4-6-9/h9,12,14H,3-8H2,1-2H3,(H,13,15). The van der Waals surface area contributed by atoms with E-state index in [2.05, 4.69) is 10.6 Å². The molecule has 4 heteroatoms. The summed E-state index contributed by atoms with van der Waals surface area (Å²) in [6, 6.07) is 0.372. The zero-order chi connectivity index (χ0) is 11.3. The van der Waals surface area contributed by atoms with Crippen molar-refractivity contribution in [3.05, 3.63) is 0 Å². The summed E-state index contributed by atoms with van der Waals surface area (Å²) in [5, 5.41) is 15.0. The summed E-state index contributed by atoms with van der Waals surface area (Å²) in [5.74, 6) is 0.0309. The SMILES string of the molecule is CC(C)(CO)NCC(=O)NC1CCCC1. The molecule has 88 valence electrons. The van der Waals surface area contributed by atoms with Gasteiger partial charge in [0.15, 0.2) is 0 Å². The minimum absolute atomic E-state index is 0.0309. The zero-order valence-electron chi connectivity index (χ0n) is 9.68. The van der Waals surface area contributed by atoms with Crippen LogP contribution in [0.3, 0.4) is 0 Å². The predicted molar refractivity (Wildman–Crippen MR) is 59.6 cm³/mol. The van der Waals surface area contributed by atoms with Crippen LogP contribution in [0.25, 0.3) is 0 Å². The first-order valence-electron chi connectivity index (χ1n) is 5.69. The second-order valence-corrected chi connectivity index (χ2v) is 4.94. The molecule has 0 saturated heterocycles. The number of hydrogen-bond donors (Lipinski definition) is 3. The lowest BCUT2D eigenvalue weighted by Crippen LogP contribution is -2.48. The van der Waals surface area contributed by atoms with Crippen molar-refractivity contribution < 1.29 is 9.90 Å². The Bertz CT molecular complexity index is 211. The molecule has 1 aliphatic rings. The molecule has 0 atom stereocenters. The molecule has 1 aliphatic carbocycles. The molecule has 4 nitrogen and oxygen atoms in total. The van der Waals surface area contributed by atoms with Gasteiger partial charge in [0.1, 0.15) is 0 Å². The number of carbonyl (C=O) groups is 1. The lowest BCUT2D eigenvalue weighted by atomic mass is 10.1. The molecule has 15 heavy (non-hydrogen) atoms. The van der Waals surface area contributed by atoms with Gasteiger partial charge in [-0.05, 0) is 26.7 Å². The first kappa shape index (κ1) is 12.5. The van der Waals surface area contributed by atoms with E-state index in [4.69, 9.17) is 5.11 Å². The van der Waals surface area contributed by atoms with E-state index < -0.39 is 0 Å². The smallest absolute Gasteiger partial charge is 0.234 e. The molecular weight excluding hydrogens is 192 g/mol. The van der Waals surface area contributed by atoms with Crippen LogP contribution in [-0.2, 0) is 4.79 Å². The Morgan fingerprint density at radius 1 is 1.40 bits per heavy atom. The third kappa shape index (κ3) is 4.62. The number of hydrogen-bond acceptors (Lipinski definition) is 3. The van der Waals surface area contributed by atoms with Crippen molar-refractivity contribution >= 4 is 5.91 Å². The number of rotatable bonds is 5. The number of amides is 1. The molecule has 1 fully saturated rings. The lowest BCUT2D eigenvalue weighted by molar-refractivity contribution is -0.121. The van der Waals surface area contributed by atoms with Crippen molar-refractivity contribution in [2.75, 3.05) is 13.2 Å². The highest BCUT2D eigenvalue weighted by Gasteiger charge is 2.19. The average molecular weight is 214 g/mol. The van der Waals surface area contributed by atoms with Crippen LogP contribution in [0.4, 0.5) is 0 Å². The van der Waals surface area contributed by atoms with Gasteiger partial charge < -0.3 is 15.7 Å². The second kappa shape index (κ2) is 5.47. The maximum atomic E-state index is 11.5. The van der Waals surface area contributed by atoms with Crippen LogP contribution in [-0.4, -0.2) is 35.7 Å². The molecule has 0 bridgehead atoms. The topological polar surface area (TPSA) is 61.4 Å². The van der Waals surface area contributed by atoms with Gasteiger partial charge in [-0.2, -0.15) is 0 Å². The van der Waals surface area contributed by atoms with Crippen LogP contribution in [0.15, 0.2) is 0 Å². The highest BCUT2D eigenvalue weighted by atomic mass is 16.3. The van der Waals surface area contributed by atoms with E-state index >= 15 is 0 Å². The Hall–Kier alpha value is -0.610. The molecule has 0 heterocycles. The third-order valence-electron chi connectivity index (χ3n) is 2.84. The number of carbonyl (C=O) groups excluding carboxylic acids is 1. The van der Waals surface area contributed by atoms with E-state index in [1.54, 1.807) is 0 Å². The Kier molecular flexibility index (Phi) is 4.54. The minimum Gasteiger partial charge on any atom is -0.394 e. The fourth-order valence-corrected chi connectivity index (χ4v) is 1.72. The summed E-state index contributed by atoms with van der Waals surface area (Å²) in [4.78, 5) is 11.5. The molecule has 1 amide bonds. The summed E-state index contributed by atoms with van der Waals surface area (Å²) in [6.07, 6.45) is 4.66. The van der Waals surface area contributed by atoms with Crippen molar-refractivity contribution in [1.29, 1.82) is 0 Å². The van der Waals surface area contributed by atoms with Crippen molar-refractivity contribution in [1.82, 2.24) is 10.6 Å². The van der Waals surface area contributed by atoms with E-state index in [-0.39, 0.29) is 24.6 Å². The first-order chi connectivity index (χ1) is 7.03. The van der Waals surface area contributed by atoms with Gasteiger partial charge in [-0.25, -0.2) is 0 Å². The van der Waals surface area contributed by atoms with Crippen LogP contribution in [0.1, 0.15) is 39.5 Å². The highest BCUT2D eigenvalue weighted by Crippen LogP contribution is 2.17. The number of nitrogens with one attached hydrogen (secondary N) is 2. The molecule has 3 N–H and O–H groups in total. The first-order valence-corrected chi connectivity index (χ1v) is 5.69. The summed E-state index contributed by atoms with van der Waals surface area (Å²) >= 11 is 0. The largest absolute Gasteiger partial charge is 0.394 e. The Labute approximate surface area is 91.4 Å². The summed E-state index contributed by atoms with van der Waals surface area (Å²) in [7, 11) is 0. The second-order valence-electron chi connectivity index (χ2n) is 4.94. The molecule has 0 aromatic carbocycles. The van der Waals surface area contributed by atoms with Gasteiger partial charge in [-0.15, -0.1) is 0 Å². The van der Waals surface area contributed by atoms with Crippen molar-refractivity contribution in [3.63, 3.8) is 0 Å². The normalized spacial score (nSPS) is 18.1. The molecule has 0 radical (unpaired) electrons. The fourth-order valence-electron chi connectivity index (χ4n) is 1.72. The summed E-state index contributed by atoms with van der Waals surface area (Å²) in [6.45, 7) is 4.06. The number of aliphatic hydroxyl groups excluding tert-OH is 1. The van der Waals surface area contributed by atoms with Crippen LogP contribution < -0.4 is 10.6 Å². The van der Waals surface area contributed by atoms with Crippen LogP contribution in [0, 0.1) is 0 Å². The molecule has 1 rings (SSSR count). The fraction of sp³-hybridized carbons (Fsp3) is 0.909. The summed E-state index contributed by atoms with van der Waals surface area (Å²) in [5.41, 5.74) is -0.382. The van der Waals surface area contributed by atoms with E-state index in [1.807, 2.05) is 13.8 Å². The maximum Gasteiger partial charge on any atom is 0.234 e. The quantitative estimate of drug-likeness (QED) is 0.621. The lowest BCUT2D eigenvalue weighted by Gasteiger charge is -2.23. The average Bonchev–Trinajstić information content (AvgIpc) is 2.68. The van der Waals surface area contributed by atoms with Gasteiger partial charge in [-0.3, -0.25) is 4.79 Å².